The van der Waals surface area contributed by atoms with E-state index in [1.165, 1.54) is 55.5 Å². The molecule has 4 aromatic carbocycles. The quantitative estimate of drug-likeness (QED) is 0.180. The van der Waals surface area contributed by atoms with Crippen LogP contribution < -0.4 is 0 Å². The summed E-state index contributed by atoms with van der Waals surface area (Å²) in [5.74, 6) is -2.01. The van der Waals surface area contributed by atoms with Gasteiger partial charge in [-0.2, -0.15) is 0 Å². The molecule has 0 aliphatic rings. The molecule has 34 heavy (non-hydrogen) atoms. The van der Waals surface area contributed by atoms with Gasteiger partial charge in [-0.25, -0.2) is 13.2 Å². The Balaban J connectivity index is 1.67. The van der Waals surface area contributed by atoms with E-state index in [1.54, 1.807) is 6.07 Å². The van der Waals surface area contributed by atoms with Crippen molar-refractivity contribution in [2.24, 2.45) is 0 Å². The molecule has 0 radical (unpaired) electrons. The number of rotatable bonds is 9. The highest BCUT2D eigenvalue weighted by atomic mass is 19.1. The van der Waals surface area contributed by atoms with E-state index in [0.717, 1.165) is 42.0 Å². The van der Waals surface area contributed by atoms with Gasteiger partial charge in [-0.3, -0.25) is 4.79 Å². The van der Waals surface area contributed by atoms with Crippen LogP contribution >= 0.6 is 0 Å². The lowest BCUT2D eigenvalue weighted by Crippen LogP contribution is -1.96. The summed E-state index contributed by atoms with van der Waals surface area (Å²) in [4.78, 5) is 12.0. The number of aldehydes is 1. The van der Waals surface area contributed by atoms with Crippen LogP contribution in [0.1, 0.15) is 54.9 Å². The Morgan fingerprint density at radius 1 is 0.735 bits per heavy atom. The third-order valence-corrected chi connectivity index (χ3v) is 6.30. The Hall–Kier alpha value is -3.40. The van der Waals surface area contributed by atoms with Gasteiger partial charge in [0, 0.05) is 5.56 Å². The molecule has 0 spiro atoms. The molecule has 174 valence electrons. The van der Waals surface area contributed by atoms with Gasteiger partial charge in [0.25, 0.3) is 0 Å². The highest BCUT2D eigenvalue weighted by Crippen LogP contribution is 2.35. The maximum atomic E-state index is 15.0. The minimum absolute atomic E-state index is 0.222. The Bertz CT molecular complexity index is 1290. The fraction of sp³-hybridized carbons (Fsp3) is 0.233. The third kappa shape index (κ3) is 5.06. The van der Waals surface area contributed by atoms with Crippen molar-refractivity contribution in [1.82, 2.24) is 0 Å². The van der Waals surface area contributed by atoms with Gasteiger partial charge < -0.3 is 0 Å². The van der Waals surface area contributed by atoms with E-state index in [1.807, 2.05) is 18.2 Å². The molecule has 0 atom stereocenters. The molecule has 0 amide bonds. The van der Waals surface area contributed by atoms with Gasteiger partial charge in [0.2, 0.25) is 0 Å². The van der Waals surface area contributed by atoms with E-state index in [-0.39, 0.29) is 16.7 Å². The standard InChI is InChI=1S/C30H27F3O/c1-2-3-4-5-6-7-20-8-14-25-22(16-20)11-15-26(27(25)19-34)23-17-28(32)30(29(33)18-23)21-9-12-24(31)13-10-21/h8-19H,2-7H2,1H3. The molecular weight excluding hydrogens is 433 g/mol. The van der Waals surface area contributed by atoms with Crippen molar-refractivity contribution in [2.75, 3.05) is 0 Å². The van der Waals surface area contributed by atoms with Crippen molar-refractivity contribution in [1.29, 1.82) is 0 Å². The predicted molar refractivity (Wildman–Crippen MR) is 133 cm³/mol. The largest absolute Gasteiger partial charge is 0.298 e. The number of unbranched alkanes of at least 4 members (excludes halogenated alkanes) is 4. The minimum atomic E-state index is -0.767. The molecular formula is C30H27F3O. The first-order valence-corrected chi connectivity index (χ1v) is 11.8. The van der Waals surface area contributed by atoms with Crippen molar-refractivity contribution in [2.45, 2.75) is 45.4 Å². The monoisotopic (exact) mass is 460 g/mol. The Morgan fingerprint density at radius 2 is 1.44 bits per heavy atom. The molecule has 0 unspecified atom stereocenters. The molecule has 4 rings (SSSR count). The number of hydrogen-bond acceptors (Lipinski definition) is 1. The molecule has 0 heterocycles. The lowest BCUT2D eigenvalue weighted by Gasteiger charge is -2.13. The van der Waals surface area contributed by atoms with Gasteiger partial charge in [0.15, 0.2) is 6.29 Å². The van der Waals surface area contributed by atoms with E-state index >= 15 is 0 Å². The molecule has 0 bridgehead atoms. The number of benzene rings is 4. The van der Waals surface area contributed by atoms with E-state index < -0.39 is 17.5 Å². The Labute approximate surface area is 198 Å². The second kappa shape index (κ2) is 10.7. The first kappa shape index (κ1) is 23.7. The molecule has 0 aliphatic heterocycles. The molecule has 0 aromatic heterocycles. The predicted octanol–water partition coefficient (Wildman–Crippen LogP) is 8.92. The third-order valence-electron chi connectivity index (χ3n) is 6.30. The molecule has 0 fully saturated rings. The molecule has 0 saturated carbocycles. The first-order valence-electron chi connectivity index (χ1n) is 11.8. The average molecular weight is 461 g/mol. The van der Waals surface area contributed by atoms with Crippen LogP contribution in [0, 0.1) is 17.5 Å². The zero-order chi connectivity index (χ0) is 24.1. The molecule has 4 heteroatoms. The van der Waals surface area contributed by atoms with Crippen molar-refractivity contribution >= 4 is 17.1 Å². The van der Waals surface area contributed by atoms with E-state index in [2.05, 4.69) is 13.0 Å². The van der Waals surface area contributed by atoms with Gasteiger partial charge in [0.1, 0.15) is 17.5 Å². The molecule has 4 aromatic rings. The number of aryl methyl sites for hydroxylation is 1. The van der Waals surface area contributed by atoms with Crippen molar-refractivity contribution in [3.8, 4) is 22.3 Å². The number of halogens is 3. The van der Waals surface area contributed by atoms with Crippen LogP contribution in [0.25, 0.3) is 33.0 Å². The first-order chi connectivity index (χ1) is 16.5. The van der Waals surface area contributed by atoms with Gasteiger partial charge in [0.05, 0.1) is 5.56 Å². The summed E-state index contributed by atoms with van der Waals surface area (Å²) in [6, 6.07) is 17.1. The van der Waals surface area contributed by atoms with E-state index in [4.69, 9.17) is 0 Å². The Morgan fingerprint density at radius 3 is 2.12 bits per heavy atom. The summed E-state index contributed by atoms with van der Waals surface area (Å²) in [6.45, 7) is 2.20. The van der Waals surface area contributed by atoms with Crippen molar-refractivity contribution < 1.29 is 18.0 Å². The molecule has 0 N–H and O–H groups in total. The number of carbonyl (C=O) groups is 1. The van der Waals surface area contributed by atoms with Gasteiger partial charge in [-0.05, 0) is 70.1 Å². The van der Waals surface area contributed by atoms with Gasteiger partial charge in [-0.1, -0.05) is 75.1 Å². The van der Waals surface area contributed by atoms with Crippen LogP contribution in [0.3, 0.4) is 0 Å². The lowest BCUT2D eigenvalue weighted by molar-refractivity contribution is 0.112. The number of carbonyl (C=O) groups excluding carboxylic acids is 1. The fourth-order valence-electron chi connectivity index (χ4n) is 4.49. The number of hydrogen-bond donors (Lipinski definition) is 0. The molecule has 1 nitrogen and oxygen atoms in total. The fourth-order valence-corrected chi connectivity index (χ4v) is 4.49. The van der Waals surface area contributed by atoms with Crippen molar-refractivity contribution in [3.05, 3.63) is 95.3 Å². The molecule has 0 aliphatic carbocycles. The van der Waals surface area contributed by atoms with Crippen LogP contribution in [0.15, 0.2) is 66.7 Å². The SMILES string of the molecule is CCCCCCCc1ccc2c(C=O)c(-c3cc(F)c(-c4ccc(F)cc4)c(F)c3)ccc2c1. The maximum Gasteiger partial charge on any atom is 0.151 e. The van der Waals surface area contributed by atoms with Crippen LogP contribution in [-0.4, -0.2) is 6.29 Å². The van der Waals surface area contributed by atoms with Crippen LogP contribution in [0.5, 0.6) is 0 Å². The maximum absolute atomic E-state index is 15.0. The second-order valence-corrected chi connectivity index (χ2v) is 8.69. The summed E-state index contributed by atoms with van der Waals surface area (Å²) >= 11 is 0. The summed E-state index contributed by atoms with van der Waals surface area (Å²) in [5.41, 5.74) is 2.40. The Kier molecular flexibility index (Phi) is 7.46. The number of fused-ring (bicyclic) bond motifs is 1. The van der Waals surface area contributed by atoms with Gasteiger partial charge in [-0.15, -0.1) is 0 Å². The van der Waals surface area contributed by atoms with Crippen LogP contribution in [-0.2, 0) is 6.42 Å². The highest BCUT2D eigenvalue weighted by molar-refractivity contribution is 6.04. The topological polar surface area (TPSA) is 17.1 Å². The summed E-state index contributed by atoms with van der Waals surface area (Å²) in [6.07, 6.45) is 7.78. The summed E-state index contributed by atoms with van der Waals surface area (Å²) in [7, 11) is 0. The van der Waals surface area contributed by atoms with Crippen LogP contribution in [0.2, 0.25) is 0 Å². The van der Waals surface area contributed by atoms with E-state index in [9.17, 15) is 18.0 Å². The van der Waals surface area contributed by atoms with Crippen LogP contribution in [0.4, 0.5) is 13.2 Å². The minimum Gasteiger partial charge on any atom is -0.298 e. The second-order valence-electron chi connectivity index (χ2n) is 8.69. The lowest BCUT2D eigenvalue weighted by atomic mass is 9.92. The normalized spacial score (nSPS) is 11.2. The van der Waals surface area contributed by atoms with E-state index in [0.29, 0.717) is 11.1 Å². The zero-order valence-electron chi connectivity index (χ0n) is 19.2. The summed E-state index contributed by atoms with van der Waals surface area (Å²) in [5, 5.41) is 1.69. The van der Waals surface area contributed by atoms with Gasteiger partial charge >= 0.3 is 0 Å². The zero-order valence-corrected chi connectivity index (χ0v) is 19.2. The summed E-state index contributed by atoms with van der Waals surface area (Å²) < 4.78 is 43.1. The molecule has 0 saturated heterocycles. The van der Waals surface area contributed by atoms with Crippen molar-refractivity contribution in [3.63, 3.8) is 0 Å². The smallest absolute Gasteiger partial charge is 0.151 e. The highest BCUT2D eigenvalue weighted by Gasteiger charge is 2.17. The average Bonchev–Trinajstić information content (AvgIpc) is 2.83.